The summed E-state index contributed by atoms with van der Waals surface area (Å²) in [6.45, 7) is 10.4. The van der Waals surface area contributed by atoms with Crippen LogP contribution in [0.1, 0.15) is 62.4 Å². The number of piperazine rings is 1. The predicted octanol–water partition coefficient (Wildman–Crippen LogP) is 2.90. The largest absolute Gasteiger partial charge is 0.485 e. The van der Waals surface area contributed by atoms with Gasteiger partial charge < -0.3 is 35.2 Å². The molecule has 1 saturated carbocycles. The number of β-amino-alcohol motifs (C(OH)–C–C–N with tert-alkyl or cyclic N) is 1. The Morgan fingerprint density at radius 1 is 1.18 bits per heavy atom. The molecule has 0 bridgehead atoms. The van der Waals surface area contributed by atoms with E-state index in [9.17, 15) is 14.7 Å². The topological polar surface area (TPSA) is 126 Å². The first-order valence-corrected chi connectivity index (χ1v) is 16.1. The number of anilines is 4. The maximum atomic E-state index is 13.4. The number of hydrogen-bond donors (Lipinski definition) is 3. The van der Waals surface area contributed by atoms with Gasteiger partial charge in [0.25, 0.3) is 11.8 Å². The van der Waals surface area contributed by atoms with Crippen molar-refractivity contribution >= 4 is 35.0 Å². The van der Waals surface area contributed by atoms with Gasteiger partial charge in [0.15, 0.2) is 5.82 Å². The van der Waals surface area contributed by atoms with E-state index in [1.165, 1.54) is 0 Å². The number of aromatic nitrogens is 2. The molecule has 1 saturated heterocycles. The molecule has 0 spiro atoms. The SMILES string of the molecule is C/C=C1/C(=O)N(C)c2cnc(Nc3ccc(C(=O)NC[C@@H](O)CN4CCN(C)CC4)c4c3OC(C)(C)C4)nc2N1C1CCCC1. The molecule has 1 aliphatic carbocycles. The van der Waals surface area contributed by atoms with Crippen LogP contribution in [-0.4, -0.2) is 108 Å². The van der Waals surface area contributed by atoms with Crippen LogP contribution in [0.3, 0.4) is 0 Å². The number of likely N-dealkylation sites (N-methyl/N-ethyl adjacent to an activating group) is 2. The number of carbonyl (C=O) groups excluding carboxylic acids is 2. The van der Waals surface area contributed by atoms with Gasteiger partial charge in [-0.2, -0.15) is 4.98 Å². The van der Waals surface area contributed by atoms with Gasteiger partial charge in [0, 0.05) is 69.9 Å². The minimum atomic E-state index is -0.651. The third-order valence-corrected chi connectivity index (χ3v) is 9.38. The molecule has 4 heterocycles. The predicted molar refractivity (Wildman–Crippen MR) is 174 cm³/mol. The van der Waals surface area contributed by atoms with Gasteiger partial charge >= 0.3 is 0 Å². The average Bonchev–Trinajstić information content (AvgIpc) is 3.66. The van der Waals surface area contributed by atoms with Crippen LogP contribution in [0.4, 0.5) is 23.1 Å². The molecule has 2 amide bonds. The maximum Gasteiger partial charge on any atom is 0.274 e. The van der Waals surface area contributed by atoms with Gasteiger partial charge in [0.2, 0.25) is 5.95 Å². The second-order valence-corrected chi connectivity index (χ2v) is 13.3. The summed E-state index contributed by atoms with van der Waals surface area (Å²) in [5.41, 5.74) is 2.81. The summed E-state index contributed by atoms with van der Waals surface area (Å²) in [5, 5.41) is 16.9. The van der Waals surface area contributed by atoms with Gasteiger partial charge in [-0.3, -0.25) is 14.5 Å². The van der Waals surface area contributed by atoms with Crippen LogP contribution in [0.25, 0.3) is 0 Å². The molecule has 45 heavy (non-hydrogen) atoms. The Labute approximate surface area is 265 Å². The third-order valence-electron chi connectivity index (χ3n) is 9.38. The van der Waals surface area contributed by atoms with E-state index in [1.54, 1.807) is 24.2 Å². The van der Waals surface area contributed by atoms with Crippen LogP contribution in [0.5, 0.6) is 5.75 Å². The van der Waals surface area contributed by atoms with Crippen LogP contribution in [0.2, 0.25) is 0 Å². The summed E-state index contributed by atoms with van der Waals surface area (Å²) in [7, 11) is 3.86. The summed E-state index contributed by atoms with van der Waals surface area (Å²) >= 11 is 0. The zero-order valence-corrected chi connectivity index (χ0v) is 27.1. The van der Waals surface area contributed by atoms with Gasteiger partial charge in [-0.15, -0.1) is 0 Å². The fourth-order valence-corrected chi connectivity index (χ4v) is 6.92. The van der Waals surface area contributed by atoms with E-state index in [0.717, 1.165) is 57.4 Å². The molecule has 1 atom stereocenters. The van der Waals surface area contributed by atoms with Crippen molar-refractivity contribution in [3.8, 4) is 5.75 Å². The zero-order chi connectivity index (χ0) is 31.9. The highest BCUT2D eigenvalue weighted by molar-refractivity contribution is 6.12. The Morgan fingerprint density at radius 2 is 1.91 bits per heavy atom. The van der Waals surface area contributed by atoms with Gasteiger partial charge in [0.1, 0.15) is 22.7 Å². The summed E-state index contributed by atoms with van der Waals surface area (Å²) in [5.74, 6) is 1.39. The number of nitrogens with one attached hydrogen (secondary N) is 2. The maximum absolute atomic E-state index is 13.4. The number of hydrogen-bond acceptors (Lipinski definition) is 10. The van der Waals surface area contributed by atoms with Crippen molar-refractivity contribution < 1.29 is 19.4 Å². The molecular weight excluding hydrogens is 572 g/mol. The van der Waals surface area contributed by atoms with Crippen LogP contribution < -0.4 is 25.2 Å². The van der Waals surface area contributed by atoms with E-state index in [1.807, 2.05) is 32.9 Å². The van der Waals surface area contributed by atoms with E-state index in [-0.39, 0.29) is 24.4 Å². The molecule has 1 aromatic heterocycles. The monoisotopic (exact) mass is 618 g/mol. The van der Waals surface area contributed by atoms with Crippen molar-refractivity contribution in [1.29, 1.82) is 0 Å². The third kappa shape index (κ3) is 6.36. The van der Waals surface area contributed by atoms with Crippen molar-refractivity contribution in [2.75, 3.05) is 68.5 Å². The van der Waals surface area contributed by atoms with Crippen LogP contribution in [-0.2, 0) is 11.2 Å². The molecule has 12 heteroatoms. The normalized spacial score (nSPS) is 21.9. The average molecular weight is 619 g/mol. The second-order valence-electron chi connectivity index (χ2n) is 13.3. The standard InChI is InChI=1S/C33H46N8O4/c1-6-26-31(44)39(5)27-19-35-32(37-29(27)41(26)21-9-7-8-10-21)36-25-12-11-23(24-17-33(2,3)45-28(24)25)30(43)34-18-22(42)20-40-15-13-38(4)14-16-40/h6,11-12,19,21-22,42H,7-10,13-18,20H2,1-5H3,(H,34,43)(H,35,36,37)/b26-6-/t22-/m1/s1. The van der Waals surface area contributed by atoms with Crippen LogP contribution >= 0.6 is 0 Å². The fraction of sp³-hybridized carbons (Fsp3) is 0.576. The summed E-state index contributed by atoms with van der Waals surface area (Å²) in [4.78, 5) is 44.3. The smallest absolute Gasteiger partial charge is 0.274 e. The first-order chi connectivity index (χ1) is 21.5. The van der Waals surface area contributed by atoms with Crippen molar-refractivity contribution in [3.05, 3.63) is 41.2 Å². The number of nitrogens with zero attached hydrogens (tertiary/aromatic N) is 6. The Bertz CT molecular complexity index is 1480. The Kier molecular flexibility index (Phi) is 8.73. The lowest BCUT2D eigenvalue weighted by Gasteiger charge is -2.39. The number of ether oxygens (including phenoxy) is 1. The first-order valence-electron chi connectivity index (χ1n) is 16.1. The number of rotatable bonds is 8. The van der Waals surface area contributed by atoms with Crippen molar-refractivity contribution in [1.82, 2.24) is 25.1 Å². The van der Waals surface area contributed by atoms with E-state index in [4.69, 9.17) is 9.72 Å². The number of carbonyl (C=O) groups is 2. The van der Waals surface area contributed by atoms with E-state index in [2.05, 4.69) is 37.4 Å². The number of fused-ring (bicyclic) bond motifs is 2. The highest BCUT2D eigenvalue weighted by Gasteiger charge is 2.39. The summed E-state index contributed by atoms with van der Waals surface area (Å²) in [6, 6.07) is 3.82. The highest BCUT2D eigenvalue weighted by Crippen LogP contribution is 2.44. The molecule has 3 N–H and O–H groups in total. The quantitative estimate of drug-likeness (QED) is 0.380. The molecular formula is C33H46N8O4. The first kappa shape index (κ1) is 31.3. The summed E-state index contributed by atoms with van der Waals surface area (Å²) in [6.07, 6.45) is 7.74. The van der Waals surface area contributed by atoms with E-state index < -0.39 is 11.7 Å². The second kappa shape index (κ2) is 12.6. The van der Waals surface area contributed by atoms with Gasteiger partial charge in [-0.1, -0.05) is 18.9 Å². The minimum absolute atomic E-state index is 0.0598. The molecule has 0 unspecified atom stereocenters. The molecule has 3 aliphatic heterocycles. The Balaban J connectivity index is 1.22. The Morgan fingerprint density at radius 3 is 2.62 bits per heavy atom. The number of aliphatic hydroxyl groups excluding tert-OH is 1. The Hall–Kier alpha value is -3.74. The molecule has 2 fully saturated rings. The van der Waals surface area contributed by atoms with Crippen LogP contribution in [0.15, 0.2) is 30.1 Å². The summed E-state index contributed by atoms with van der Waals surface area (Å²) < 4.78 is 6.37. The fourth-order valence-electron chi connectivity index (χ4n) is 6.92. The van der Waals surface area contributed by atoms with E-state index >= 15 is 0 Å². The number of aliphatic hydroxyl groups is 1. The van der Waals surface area contributed by atoms with Crippen molar-refractivity contribution in [2.45, 2.75) is 70.6 Å². The molecule has 242 valence electrons. The molecule has 12 nitrogen and oxygen atoms in total. The number of benzene rings is 1. The zero-order valence-electron chi connectivity index (χ0n) is 27.1. The molecule has 0 radical (unpaired) electrons. The lowest BCUT2D eigenvalue weighted by atomic mass is 9.96. The van der Waals surface area contributed by atoms with Gasteiger partial charge in [0.05, 0.1) is 18.0 Å². The lowest BCUT2D eigenvalue weighted by Crippen LogP contribution is -2.48. The van der Waals surface area contributed by atoms with Gasteiger partial charge in [-0.05, 0) is 52.8 Å². The molecule has 2 aromatic rings. The highest BCUT2D eigenvalue weighted by atomic mass is 16.5. The molecule has 4 aliphatic rings. The van der Waals surface area contributed by atoms with Crippen molar-refractivity contribution in [3.63, 3.8) is 0 Å². The molecule has 6 rings (SSSR count). The number of amides is 2. The van der Waals surface area contributed by atoms with Crippen molar-refractivity contribution in [2.24, 2.45) is 0 Å². The van der Waals surface area contributed by atoms with E-state index in [0.29, 0.717) is 53.1 Å². The number of allylic oxidation sites excluding steroid dienone is 1. The van der Waals surface area contributed by atoms with Crippen LogP contribution in [0, 0.1) is 0 Å². The minimum Gasteiger partial charge on any atom is -0.485 e. The van der Waals surface area contributed by atoms with Gasteiger partial charge in [-0.25, -0.2) is 4.98 Å². The molecule has 1 aromatic carbocycles. The lowest BCUT2D eigenvalue weighted by molar-refractivity contribution is -0.115.